The number of benzene rings is 12. The summed E-state index contributed by atoms with van der Waals surface area (Å²) in [5.74, 6) is 0. The highest BCUT2D eigenvalue weighted by molar-refractivity contribution is 7.00. The molecule has 4 heterocycles. The van der Waals surface area contributed by atoms with E-state index >= 15 is 0 Å². The van der Waals surface area contributed by atoms with Gasteiger partial charge < -0.3 is 18.6 Å². The minimum Gasteiger partial charge on any atom is -0.309 e. The van der Waals surface area contributed by atoms with Crippen LogP contribution in [0.4, 0.5) is 17.1 Å². The third kappa shape index (κ3) is 7.24. The summed E-state index contributed by atoms with van der Waals surface area (Å²) < 4.78 is 17.3. The van der Waals surface area contributed by atoms with Gasteiger partial charge in [0.2, 0.25) is 0 Å². The van der Waals surface area contributed by atoms with Crippen molar-refractivity contribution < 1.29 is 0 Å². The van der Waals surface area contributed by atoms with Crippen molar-refractivity contribution in [2.45, 2.75) is 0 Å². The summed E-state index contributed by atoms with van der Waals surface area (Å²) in [7, 11) is 0. The Morgan fingerprint density at radius 1 is 0.266 bits per heavy atom. The van der Waals surface area contributed by atoms with Crippen LogP contribution >= 0.6 is 11.7 Å². The second-order valence-electron chi connectivity index (χ2n) is 20.3. The molecule has 0 fully saturated rings. The molecule has 0 N–H and O–H groups in total. The van der Waals surface area contributed by atoms with Crippen molar-refractivity contribution in [2.75, 3.05) is 4.90 Å². The third-order valence-electron chi connectivity index (χ3n) is 15.9. The first-order valence-electron chi connectivity index (χ1n) is 26.7. The van der Waals surface area contributed by atoms with Crippen molar-refractivity contribution in [3.8, 4) is 50.4 Å². The smallest absolute Gasteiger partial charge is 0.129 e. The van der Waals surface area contributed by atoms with Crippen LogP contribution in [0.3, 0.4) is 0 Å². The number of aromatic nitrogens is 5. The summed E-state index contributed by atoms with van der Waals surface area (Å²) in [6.07, 6.45) is 0. The molecule has 0 radical (unpaired) electrons. The number of nitrogens with zero attached hydrogens (tertiary/aromatic N) is 6. The lowest BCUT2D eigenvalue weighted by atomic mass is 10.0. The van der Waals surface area contributed by atoms with E-state index < -0.39 is 0 Å². The van der Waals surface area contributed by atoms with Gasteiger partial charge in [-0.25, -0.2) is 0 Å². The van der Waals surface area contributed by atoms with E-state index in [1.165, 1.54) is 77.2 Å². The Kier molecular flexibility index (Phi) is 10.3. The van der Waals surface area contributed by atoms with Gasteiger partial charge in [0.05, 0.1) is 50.5 Å². The van der Waals surface area contributed by atoms with Crippen LogP contribution in [-0.4, -0.2) is 22.4 Å². The molecule has 0 unspecified atom stereocenters. The maximum Gasteiger partial charge on any atom is 0.129 e. The molecule has 4 aromatic heterocycles. The molecule has 79 heavy (non-hydrogen) atoms. The van der Waals surface area contributed by atoms with Gasteiger partial charge in [-0.1, -0.05) is 170 Å². The van der Waals surface area contributed by atoms with Crippen molar-refractivity contribution in [1.82, 2.24) is 22.4 Å². The topological polar surface area (TPSA) is 43.8 Å². The average molecular weight is 1030 g/mol. The lowest BCUT2D eigenvalue weighted by Crippen LogP contribution is -2.10. The van der Waals surface area contributed by atoms with Crippen LogP contribution in [0, 0.1) is 0 Å². The SMILES string of the molecule is c1ccc(-c2ccc(N(c3ccc(-c4ccccc4)cc3)c3ccc(-c4ccc(-n5c6ccc(-n7c8ccccc8c8ccccc87)cc6c6cc(-n7c8ccccc8c8ccccc87)ccc65)cc4)c4nsnc34)cc2)cc1. The molecule has 16 rings (SSSR count). The van der Waals surface area contributed by atoms with Gasteiger partial charge in [0.1, 0.15) is 11.0 Å². The summed E-state index contributed by atoms with van der Waals surface area (Å²) >= 11 is 1.25. The molecule has 0 saturated carbocycles. The predicted octanol–water partition coefficient (Wildman–Crippen LogP) is 19.5. The van der Waals surface area contributed by atoms with Crippen molar-refractivity contribution in [3.63, 3.8) is 0 Å². The van der Waals surface area contributed by atoms with Crippen LogP contribution in [-0.2, 0) is 0 Å². The van der Waals surface area contributed by atoms with E-state index in [4.69, 9.17) is 8.75 Å². The number of fused-ring (bicyclic) bond motifs is 10. The number of anilines is 3. The molecular weight excluding hydrogens is 981 g/mol. The first-order chi connectivity index (χ1) is 39.2. The van der Waals surface area contributed by atoms with E-state index in [0.717, 1.165) is 78.4 Å². The summed E-state index contributed by atoms with van der Waals surface area (Å²) in [6.45, 7) is 0. The Morgan fingerprint density at radius 3 is 1.08 bits per heavy atom. The zero-order valence-electron chi connectivity index (χ0n) is 42.6. The molecule has 0 bridgehead atoms. The lowest BCUT2D eigenvalue weighted by Gasteiger charge is -2.26. The molecule has 370 valence electrons. The zero-order chi connectivity index (χ0) is 52.0. The fourth-order valence-electron chi connectivity index (χ4n) is 12.3. The molecule has 0 aliphatic heterocycles. The zero-order valence-corrected chi connectivity index (χ0v) is 43.5. The number of hydrogen-bond acceptors (Lipinski definition) is 4. The maximum atomic E-state index is 5.03. The van der Waals surface area contributed by atoms with E-state index in [1.807, 2.05) is 0 Å². The predicted molar refractivity (Wildman–Crippen MR) is 331 cm³/mol. The average Bonchev–Trinajstić information content (AvgIpc) is 4.40. The summed E-state index contributed by atoms with van der Waals surface area (Å²) in [4.78, 5) is 2.31. The van der Waals surface area contributed by atoms with Gasteiger partial charge in [0.25, 0.3) is 0 Å². The lowest BCUT2D eigenvalue weighted by molar-refractivity contribution is 1.16. The molecule has 7 heteroatoms. The van der Waals surface area contributed by atoms with E-state index in [1.54, 1.807) is 0 Å². The van der Waals surface area contributed by atoms with Gasteiger partial charge in [-0.2, -0.15) is 8.75 Å². The molecule has 0 spiro atoms. The van der Waals surface area contributed by atoms with E-state index in [2.05, 4.69) is 298 Å². The Bertz CT molecular complexity index is 4630. The van der Waals surface area contributed by atoms with Gasteiger partial charge in [-0.3, -0.25) is 0 Å². The standard InChI is InChI=1S/C72H46N6S/c1-3-15-47(16-4-1)49-27-33-52(34-28-49)75(53-35-29-50(30-36-53)48-17-5-2-6-18-48)70-44-41-57(71-72(70)74-79-73-71)51-31-37-54(38-32-51)76-68-42-39-55(77-64-23-11-7-19-58(64)59-20-8-12-24-65(59)77)45-62(68)63-46-56(40-43-69(63)76)78-66-25-13-9-21-60(66)61-22-10-14-26-67(61)78/h1-46H. The molecule has 0 atom stereocenters. The second kappa shape index (κ2) is 18.2. The molecular formula is C72H46N6S. The quantitative estimate of drug-likeness (QED) is 0.145. The van der Waals surface area contributed by atoms with E-state index in [0.29, 0.717) is 0 Å². The highest BCUT2D eigenvalue weighted by Crippen LogP contribution is 2.44. The summed E-state index contributed by atoms with van der Waals surface area (Å²) in [5, 5.41) is 7.34. The van der Waals surface area contributed by atoms with Crippen molar-refractivity contribution in [3.05, 3.63) is 279 Å². The van der Waals surface area contributed by atoms with Crippen LogP contribution in [0.25, 0.3) is 127 Å². The number of rotatable bonds is 9. The Morgan fingerprint density at radius 2 is 0.620 bits per heavy atom. The van der Waals surface area contributed by atoms with Gasteiger partial charge >= 0.3 is 0 Å². The second-order valence-corrected chi connectivity index (χ2v) is 20.8. The van der Waals surface area contributed by atoms with Crippen LogP contribution in [0.2, 0.25) is 0 Å². The molecule has 0 amide bonds. The van der Waals surface area contributed by atoms with Crippen LogP contribution in [0.1, 0.15) is 0 Å². The highest BCUT2D eigenvalue weighted by Gasteiger charge is 2.23. The Balaban J connectivity index is 0.827. The molecule has 6 nitrogen and oxygen atoms in total. The van der Waals surface area contributed by atoms with Crippen LogP contribution in [0.5, 0.6) is 0 Å². The molecule has 0 saturated heterocycles. The largest absolute Gasteiger partial charge is 0.309 e. The van der Waals surface area contributed by atoms with Crippen molar-refractivity contribution in [1.29, 1.82) is 0 Å². The molecule has 0 aliphatic rings. The third-order valence-corrected chi connectivity index (χ3v) is 16.5. The molecule has 16 aromatic rings. The first-order valence-corrected chi connectivity index (χ1v) is 27.5. The molecule has 12 aromatic carbocycles. The van der Waals surface area contributed by atoms with E-state index in [9.17, 15) is 0 Å². The van der Waals surface area contributed by atoms with Crippen LogP contribution in [0.15, 0.2) is 279 Å². The maximum absolute atomic E-state index is 5.03. The minimum atomic E-state index is 0.853. The highest BCUT2D eigenvalue weighted by atomic mass is 32.1. The fraction of sp³-hybridized carbons (Fsp3) is 0. The van der Waals surface area contributed by atoms with Gasteiger partial charge in [0.15, 0.2) is 0 Å². The van der Waals surface area contributed by atoms with E-state index in [-0.39, 0.29) is 0 Å². The van der Waals surface area contributed by atoms with Crippen LogP contribution < -0.4 is 4.90 Å². The number of hydrogen-bond donors (Lipinski definition) is 0. The summed E-state index contributed by atoms with van der Waals surface area (Å²) in [6, 6.07) is 101. The summed E-state index contributed by atoms with van der Waals surface area (Å²) in [5.41, 5.74) is 21.9. The fourth-order valence-corrected chi connectivity index (χ4v) is 12.9. The number of para-hydroxylation sites is 4. The Hall–Kier alpha value is -10.3. The van der Waals surface area contributed by atoms with Crippen molar-refractivity contribution in [2.24, 2.45) is 0 Å². The van der Waals surface area contributed by atoms with Gasteiger partial charge in [0, 0.05) is 66.3 Å². The first kappa shape index (κ1) is 44.9. The monoisotopic (exact) mass is 1030 g/mol. The van der Waals surface area contributed by atoms with Gasteiger partial charge in [-0.15, -0.1) is 0 Å². The normalized spacial score (nSPS) is 11.8. The minimum absolute atomic E-state index is 0.853. The van der Waals surface area contributed by atoms with Crippen molar-refractivity contribution >= 4 is 105 Å². The van der Waals surface area contributed by atoms with Gasteiger partial charge in [-0.05, 0) is 137 Å². The molecule has 0 aliphatic carbocycles. The Labute approximate surface area is 459 Å².